The molecule has 8 nitrogen and oxygen atoms in total. The van der Waals surface area contributed by atoms with Gasteiger partial charge in [-0.3, -0.25) is 10.1 Å². The second kappa shape index (κ2) is 9.93. The highest BCUT2D eigenvalue weighted by Crippen LogP contribution is 2.26. The molecule has 0 saturated carbocycles. The molecule has 9 heteroatoms. The number of nitrogens with zero attached hydrogens (tertiary/aromatic N) is 3. The number of ether oxygens (including phenoxy) is 1. The van der Waals surface area contributed by atoms with Crippen molar-refractivity contribution >= 4 is 23.7 Å². The van der Waals surface area contributed by atoms with Gasteiger partial charge < -0.3 is 14.6 Å². The summed E-state index contributed by atoms with van der Waals surface area (Å²) in [6.07, 6.45) is 0. The number of imide groups is 1. The third-order valence-corrected chi connectivity index (χ3v) is 5.50. The van der Waals surface area contributed by atoms with E-state index in [4.69, 9.17) is 4.74 Å². The van der Waals surface area contributed by atoms with E-state index in [1.54, 1.807) is 14.0 Å². The summed E-state index contributed by atoms with van der Waals surface area (Å²) in [6.45, 7) is 2.06. The Morgan fingerprint density at radius 2 is 1.80 bits per heavy atom. The highest BCUT2D eigenvalue weighted by atomic mass is 32.2. The normalized spacial score (nSPS) is 11.6. The minimum Gasteiger partial charge on any atom is -0.497 e. The standard InChI is InChI=1S/C21H23N5O3S/c1-14(19(27)23-20(28)22-13-15-7-5-4-6-8-15)30-21-25-24-18(26(21)2)16-9-11-17(29-3)12-10-16/h4-12,14H,13H2,1-3H3,(H2,22,23,27,28). The molecule has 1 atom stereocenters. The molecule has 3 aromatic rings. The van der Waals surface area contributed by atoms with Crippen molar-refractivity contribution < 1.29 is 14.3 Å². The first-order chi connectivity index (χ1) is 14.5. The molecule has 0 bridgehead atoms. The van der Waals surface area contributed by atoms with Gasteiger partial charge in [-0.1, -0.05) is 42.1 Å². The van der Waals surface area contributed by atoms with Crippen LogP contribution in [0.25, 0.3) is 11.4 Å². The average Bonchev–Trinajstić information content (AvgIpc) is 3.13. The van der Waals surface area contributed by atoms with Crippen LogP contribution in [-0.4, -0.2) is 39.1 Å². The van der Waals surface area contributed by atoms with Gasteiger partial charge in [0.05, 0.1) is 12.4 Å². The van der Waals surface area contributed by atoms with Gasteiger partial charge in [0.15, 0.2) is 11.0 Å². The quantitative estimate of drug-likeness (QED) is 0.565. The minimum absolute atomic E-state index is 0.343. The molecule has 1 heterocycles. The summed E-state index contributed by atoms with van der Waals surface area (Å²) >= 11 is 1.23. The zero-order chi connectivity index (χ0) is 21.5. The number of urea groups is 1. The first-order valence-electron chi connectivity index (χ1n) is 9.31. The second-order valence-electron chi connectivity index (χ2n) is 6.51. The van der Waals surface area contributed by atoms with Crippen LogP contribution in [0.4, 0.5) is 4.79 Å². The predicted molar refractivity (Wildman–Crippen MR) is 115 cm³/mol. The van der Waals surface area contributed by atoms with Gasteiger partial charge in [-0.2, -0.15) is 0 Å². The van der Waals surface area contributed by atoms with E-state index in [2.05, 4.69) is 20.8 Å². The van der Waals surface area contributed by atoms with E-state index in [9.17, 15) is 9.59 Å². The summed E-state index contributed by atoms with van der Waals surface area (Å²) in [5.74, 6) is 1.03. The third kappa shape index (κ3) is 5.38. The van der Waals surface area contributed by atoms with Crippen LogP contribution in [0.15, 0.2) is 59.8 Å². The van der Waals surface area contributed by atoms with Gasteiger partial charge >= 0.3 is 6.03 Å². The minimum atomic E-state index is -0.534. The van der Waals surface area contributed by atoms with Crippen LogP contribution >= 0.6 is 11.8 Å². The van der Waals surface area contributed by atoms with Crippen molar-refractivity contribution in [2.75, 3.05) is 7.11 Å². The van der Waals surface area contributed by atoms with E-state index < -0.39 is 17.2 Å². The summed E-state index contributed by atoms with van der Waals surface area (Å²) in [7, 11) is 3.44. The summed E-state index contributed by atoms with van der Waals surface area (Å²) in [6, 6.07) is 16.4. The van der Waals surface area contributed by atoms with E-state index in [-0.39, 0.29) is 0 Å². The number of carbonyl (C=O) groups is 2. The average molecular weight is 426 g/mol. The Labute approximate surface area is 179 Å². The molecule has 2 aromatic carbocycles. The smallest absolute Gasteiger partial charge is 0.321 e. The molecule has 0 spiro atoms. The topological polar surface area (TPSA) is 98.1 Å². The van der Waals surface area contributed by atoms with Crippen molar-refractivity contribution in [3.8, 4) is 17.1 Å². The Kier molecular flexibility index (Phi) is 7.08. The van der Waals surface area contributed by atoms with Gasteiger partial charge in [0, 0.05) is 19.2 Å². The van der Waals surface area contributed by atoms with Crippen LogP contribution < -0.4 is 15.4 Å². The number of benzene rings is 2. The number of aromatic nitrogens is 3. The largest absolute Gasteiger partial charge is 0.497 e. The van der Waals surface area contributed by atoms with Crippen LogP contribution in [0.1, 0.15) is 12.5 Å². The zero-order valence-corrected chi connectivity index (χ0v) is 17.8. The van der Waals surface area contributed by atoms with Crippen molar-refractivity contribution in [1.82, 2.24) is 25.4 Å². The highest BCUT2D eigenvalue weighted by Gasteiger charge is 2.21. The summed E-state index contributed by atoms with van der Waals surface area (Å²) in [5, 5.41) is 13.5. The fourth-order valence-corrected chi connectivity index (χ4v) is 3.47. The number of carbonyl (C=O) groups excluding carboxylic acids is 2. The molecule has 3 amide bonds. The van der Waals surface area contributed by atoms with Crippen molar-refractivity contribution in [2.45, 2.75) is 23.9 Å². The van der Waals surface area contributed by atoms with Crippen LogP contribution in [0.3, 0.4) is 0 Å². The molecular formula is C21H23N5O3S. The van der Waals surface area contributed by atoms with Crippen molar-refractivity contribution in [3.05, 3.63) is 60.2 Å². The molecule has 0 aliphatic rings. The fourth-order valence-electron chi connectivity index (χ4n) is 2.66. The summed E-state index contributed by atoms with van der Waals surface area (Å²) < 4.78 is 6.98. The number of thioether (sulfide) groups is 1. The fraction of sp³-hybridized carbons (Fsp3) is 0.238. The van der Waals surface area contributed by atoms with Crippen LogP contribution in [0.5, 0.6) is 5.75 Å². The Balaban J connectivity index is 1.56. The van der Waals surface area contributed by atoms with E-state index >= 15 is 0 Å². The van der Waals surface area contributed by atoms with Gasteiger partial charge in [0.25, 0.3) is 0 Å². The number of amides is 3. The van der Waals surface area contributed by atoms with E-state index in [0.29, 0.717) is 17.5 Å². The van der Waals surface area contributed by atoms with Gasteiger partial charge in [-0.05, 0) is 36.8 Å². The first-order valence-corrected chi connectivity index (χ1v) is 10.2. The first kappa shape index (κ1) is 21.4. The lowest BCUT2D eigenvalue weighted by molar-refractivity contribution is -0.119. The van der Waals surface area contributed by atoms with Gasteiger partial charge in [0.2, 0.25) is 5.91 Å². The lowest BCUT2D eigenvalue weighted by Gasteiger charge is -2.12. The molecule has 156 valence electrons. The van der Waals surface area contributed by atoms with Crippen LogP contribution in [0, 0.1) is 0 Å². The van der Waals surface area contributed by atoms with Crippen molar-refractivity contribution in [3.63, 3.8) is 0 Å². The van der Waals surface area contributed by atoms with Gasteiger partial charge in [0.1, 0.15) is 5.75 Å². The number of methoxy groups -OCH3 is 1. The molecule has 1 aromatic heterocycles. The Hall–Kier alpha value is -3.33. The monoisotopic (exact) mass is 425 g/mol. The maximum absolute atomic E-state index is 12.4. The second-order valence-corrected chi connectivity index (χ2v) is 7.82. The lowest BCUT2D eigenvalue weighted by Crippen LogP contribution is -2.42. The molecular weight excluding hydrogens is 402 g/mol. The molecule has 0 saturated heterocycles. The maximum Gasteiger partial charge on any atom is 0.321 e. The van der Waals surface area contributed by atoms with Gasteiger partial charge in [-0.25, -0.2) is 4.79 Å². The van der Waals surface area contributed by atoms with Gasteiger partial charge in [-0.15, -0.1) is 10.2 Å². The van der Waals surface area contributed by atoms with E-state index in [1.165, 1.54) is 11.8 Å². The molecule has 0 aliphatic carbocycles. The SMILES string of the molecule is COc1ccc(-c2nnc(SC(C)C(=O)NC(=O)NCc3ccccc3)n2C)cc1. The number of nitrogens with one attached hydrogen (secondary N) is 2. The Morgan fingerprint density at radius 3 is 2.47 bits per heavy atom. The molecule has 0 aliphatic heterocycles. The molecule has 0 radical (unpaired) electrons. The predicted octanol–water partition coefficient (Wildman–Crippen LogP) is 3.00. The molecule has 3 rings (SSSR count). The van der Waals surface area contributed by atoms with Crippen molar-refractivity contribution in [1.29, 1.82) is 0 Å². The summed E-state index contributed by atoms with van der Waals surface area (Å²) in [4.78, 5) is 24.4. The highest BCUT2D eigenvalue weighted by molar-refractivity contribution is 8.00. The summed E-state index contributed by atoms with van der Waals surface area (Å²) in [5.41, 5.74) is 1.84. The maximum atomic E-state index is 12.4. The number of hydrogen-bond donors (Lipinski definition) is 2. The van der Waals surface area contributed by atoms with E-state index in [0.717, 1.165) is 16.9 Å². The third-order valence-electron chi connectivity index (χ3n) is 4.37. The van der Waals surface area contributed by atoms with Crippen molar-refractivity contribution in [2.24, 2.45) is 7.05 Å². The molecule has 2 N–H and O–H groups in total. The molecule has 0 fully saturated rings. The number of hydrogen-bond acceptors (Lipinski definition) is 6. The lowest BCUT2D eigenvalue weighted by atomic mass is 10.2. The van der Waals surface area contributed by atoms with Crippen LogP contribution in [0.2, 0.25) is 0 Å². The number of rotatable bonds is 7. The Morgan fingerprint density at radius 1 is 1.10 bits per heavy atom. The zero-order valence-electron chi connectivity index (χ0n) is 17.0. The molecule has 30 heavy (non-hydrogen) atoms. The molecule has 1 unspecified atom stereocenters. The van der Waals surface area contributed by atoms with Crippen LogP contribution in [-0.2, 0) is 18.4 Å². The Bertz CT molecular complexity index is 1010. The van der Waals surface area contributed by atoms with E-state index in [1.807, 2.05) is 66.2 Å².